The number of piperidine rings is 1. The molecular weight excluding hydrogens is 196 g/mol. The van der Waals surface area contributed by atoms with Gasteiger partial charge in [0.15, 0.2) is 0 Å². The molecule has 0 amide bonds. The lowest BCUT2D eigenvalue weighted by molar-refractivity contribution is -0.0158. The Labute approximate surface area is 101 Å². The Morgan fingerprint density at radius 3 is 2.12 bits per heavy atom. The molecule has 1 unspecified atom stereocenters. The fraction of sp³-hybridized carbons (Fsp3) is 1.00. The topological polar surface area (TPSA) is 6.48 Å². The van der Waals surface area contributed by atoms with Crippen molar-refractivity contribution in [1.29, 1.82) is 0 Å². The Hall–Kier alpha value is -0.0800. The van der Waals surface area contributed by atoms with Crippen LogP contribution in [-0.4, -0.2) is 49.1 Å². The monoisotopic (exact) mass is 224 g/mol. The third-order valence-electron chi connectivity index (χ3n) is 5.19. The summed E-state index contributed by atoms with van der Waals surface area (Å²) in [4.78, 5) is 5.18. The molecule has 2 nitrogen and oxygen atoms in total. The van der Waals surface area contributed by atoms with Crippen LogP contribution in [0, 0.1) is 10.8 Å². The van der Waals surface area contributed by atoms with Gasteiger partial charge in [0.2, 0.25) is 0 Å². The first kappa shape index (κ1) is 12.4. The molecule has 0 N–H and O–H groups in total. The summed E-state index contributed by atoms with van der Waals surface area (Å²) in [7, 11) is 2.27. The van der Waals surface area contributed by atoms with Crippen LogP contribution in [0.15, 0.2) is 0 Å². The largest absolute Gasteiger partial charge is 0.306 e. The van der Waals surface area contributed by atoms with Gasteiger partial charge >= 0.3 is 0 Å². The Kier molecular flexibility index (Phi) is 3.09. The van der Waals surface area contributed by atoms with Gasteiger partial charge in [0.05, 0.1) is 0 Å². The zero-order chi connectivity index (χ0) is 12.0. The van der Waals surface area contributed by atoms with Gasteiger partial charge < -0.3 is 9.80 Å². The van der Waals surface area contributed by atoms with Crippen molar-refractivity contribution in [2.75, 3.05) is 33.2 Å². The zero-order valence-electron chi connectivity index (χ0n) is 11.7. The molecule has 0 aromatic carbocycles. The number of likely N-dealkylation sites (tertiary alicyclic amines) is 2. The van der Waals surface area contributed by atoms with Crippen LogP contribution in [0.3, 0.4) is 0 Å². The lowest BCUT2D eigenvalue weighted by atomic mass is 9.61. The third-order valence-corrected chi connectivity index (χ3v) is 5.19. The van der Waals surface area contributed by atoms with E-state index in [0.717, 1.165) is 6.04 Å². The summed E-state index contributed by atoms with van der Waals surface area (Å²) < 4.78 is 0. The minimum absolute atomic E-state index is 0.476. The molecule has 2 saturated heterocycles. The second-order valence-electron chi connectivity index (χ2n) is 6.97. The van der Waals surface area contributed by atoms with E-state index in [1.54, 1.807) is 0 Å². The molecule has 1 atom stereocenters. The van der Waals surface area contributed by atoms with Crippen molar-refractivity contribution in [3.05, 3.63) is 0 Å². The Morgan fingerprint density at radius 1 is 1.00 bits per heavy atom. The van der Waals surface area contributed by atoms with Gasteiger partial charge in [-0.05, 0) is 57.7 Å². The van der Waals surface area contributed by atoms with E-state index in [1.807, 2.05) is 0 Å². The highest BCUT2D eigenvalue weighted by Crippen LogP contribution is 2.51. The summed E-state index contributed by atoms with van der Waals surface area (Å²) in [5.41, 5.74) is 1.06. The van der Waals surface area contributed by atoms with Gasteiger partial charge in [-0.3, -0.25) is 0 Å². The molecule has 0 aromatic rings. The molecule has 16 heavy (non-hydrogen) atoms. The van der Waals surface area contributed by atoms with Crippen LogP contribution in [0.2, 0.25) is 0 Å². The van der Waals surface area contributed by atoms with Crippen molar-refractivity contribution in [3.8, 4) is 0 Å². The van der Waals surface area contributed by atoms with E-state index in [0.29, 0.717) is 10.8 Å². The maximum atomic E-state index is 2.67. The first-order valence-corrected chi connectivity index (χ1v) is 6.79. The highest BCUT2D eigenvalue weighted by molar-refractivity contribution is 5.03. The van der Waals surface area contributed by atoms with Crippen LogP contribution >= 0.6 is 0 Å². The average molecular weight is 224 g/mol. The van der Waals surface area contributed by atoms with Gasteiger partial charge in [0.1, 0.15) is 0 Å². The van der Waals surface area contributed by atoms with Crippen LogP contribution in [-0.2, 0) is 0 Å². The Bertz CT molecular complexity index is 259. The highest BCUT2D eigenvalue weighted by atomic mass is 15.2. The van der Waals surface area contributed by atoms with Gasteiger partial charge in [0, 0.05) is 19.1 Å². The highest BCUT2D eigenvalue weighted by Gasteiger charge is 2.51. The third kappa shape index (κ3) is 1.91. The summed E-state index contributed by atoms with van der Waals surface area (Å²) in [6.07, 6.45) is 2.80. The van der Waals surface area contributed by atoms with E-state index in [9.17, 15) is 0 Å². The van der Waals surface area contributed by atoms with Crippen molar-refractivity contribution in [2.45, 2.75) is 46.6 Å². The predicted octanol–water partition coefficient (Wildman–Crippen LogP) is 2.45. The van der Waals surface area contributed by atoms with Crippen LogP contribution in [0.25, 0.3) is 0 Å². The lowest BCUT2D eigenvalue weighted by Gasteiger charge is -2.51. The smallest absolute Gasteiger partial charge is 0.00472 e. The standard InChI is InChI=1S/C14H28N2/c1-12(2)16-9-7-14(11-16)6-8-15(5)10-13(14,3)4/h12H,6-11H2,1-5H3. The first-order valence-electron chi connectivity index (χ1n) is 6.79. The quantitative estimate of drug-likeness (QED) is 0.675. The minimum atomic E-state index is 0.476. The molecule has 2 rings (SSSR count). The summed E-state index contributed by atoms with van der Waals surface area (Å²) in [6, 6.07) is 0.717. The second-order valence-corrected chi connectivity index (χ2v) is 6.97. The molecule has 2 fully saturated rings. The molecule has 2 heterocycles. The first-order chi connectivity index (χ1) is 7.36. The maximum absolute atomic E-state index is 2.67. The van der Waals surface area contributed by atoms with E-state index in [1.165, 1.54) is 39.0 Å². The molecule has 2 aliphatic heterocycles. The fourth-order valence-electron chi connectivity index (χ4n) is 3.77. The molecule has 0 aromatic heterocycles. The minimum Gasteiger partial charge on any atom is -0.306 e. The zero-order valence-corrected chi connectivity index (χ0v) is 11.7. The van der Waals surface area contributed by atoms with Crippen LogP contribution in [0.4, 0.5) is 0 Å². The molecule has 0 saturated carbocycles. The second kappa shape index (κ2) is 3.99. The van der Waals surface area contributed by atoms with Crippen molar-refractivity contribution in [3.63, 3.8) is 0 Å². The lowest BCUT2D eigenvalue weighted by Crippen LogP contribution is -2.53. The number of hydrogen-bond donors (Lipinski definition) is 0. The van der Waals surface area contributed by atoms with Gasteiger partial charge in [-0.15, -0.1) is 0 Å². The van der Waals surface area contributed by atoms with Gasteiger partial charge in [0.25, 0.3) is 0 Å². The van der Waals surface area contributed by atoms with E-state index in [2.05, 4.69) is 44.5 Å². The summed E-state index contributed by atoms with van der Waals surface area (Å²) in [6.45, 7) is 14.8. The van der Waals surface area contributed by atoms with Gasteiger partial charge in [-0.2, -0.15) is 0 Å². The fourth-order valence-corrected chi connectivity index (χ4v) is 3.77. The normalized spacial score (nSPS) is 36.4. The summed E-state index contributed by atoms with van der Waals surface area (Å²) >= 11 is 0. The summed E-state index contributed by atoms with van der Waals surface area (Å²) in [5.74, 6) is 0. The number of hydrogen-bond acceptors (Lipinski definition) is 2. The molecule has 0 bridgehead atoms. The maximum Gasteiger partial charge on any atom is 0.00472 e. The molecule has 2 heteroatoms. The van der Waals surface area contributed by atoms with E-state index in [-0.39, 0.29) is 0 Å². The van der Waals surface area contributed by atoms with E-state index < -0.39 is 0 Å². The van der Waals surface area contributed by atoms with Crippen molar-refractivity contribution in [1.82, 2.24) is 9.80 Å². The van der Waals surface area contributed by atoms with E-state index in [4.69, 9.17) is 0 Å². The SMILES string of the molecule is CC(C)N1CCC2(CCN(C)CC2(C)C)C1. The van der Waals surface area contributed by atoms with Crippen LogP contribution in [0.1, 0.15) is 40.5 Å². The van der Waals surface area contributed by atoms with Gasteiger partial charge in [-0.25, -0.2) is 0 Å². The molecule has 1 spiro atoms. The van der Waals surface area contributed by atoms with E-state index >= 15 is 0 Å². The number of nitrogens with zero attached hydrogens (tertiary/aromatic N) is 2. The molecule has 0 aliphatic carbocycles. The molecule has 2 aliphatic rings. The van der Waals surface area contributed by atoms with Gasteiger partial charge in [-0.1, -0.05) is 13.8 Å². The Balaban J connectivity index is 2.14. The molecule has 94 valence electrons. The summed E-state index contributed by atoms with van der Waals surface area (Å²) in [5, 5.41) is 0. The van der Waals surface area contributed by atoms with Crippen molar-refractivity contribution >= 4 is 0 Å². The van der Waals surface area contributed by atoms with Crippen LogP contribution in [0.5, 0.6) is 0 Å². The Morgan fingerprint density at radius 2 is 1.62 bits per heavy atom. The number of rotatable bonds is 1. The van der Waals surface area contributed by atoms with Crippen molar-refractivity contribution in [2.24, 2.45) is 10.8 Å². The molecular formula is C14H28N2. The predicted molar refractivity (Wildman–Crippen MR) is 69.7 cm³/mol. The van der Waals surface area contributed by atoms with Crippen molar-refractivity contribution < 1.29 is 0 Å². The average Bonchev–Trinajstić information content (AvgIpc) is 2.58. The van der Waals surface area contributed by atoms with Crippen LogP contribution < -0.4 is 0 Å². The molecule has 0 radical (unpaired) electrons.